The molecule has 1 amide bonds. The molecule has 1 aliphatic heterocycles. The van der Waals surface area contributed by atoms with Crippen LogP contribution in [-0.4, -0.2) is 27.6 Å². The number of nitrogens with zero attached hydrogens (tertiary/aromatic N) is 2. The molecule has 2 heterocycles. The summed E-state index contributed by atoms with van der Waals surface area (Å²) >= 11 is 4.61. The highest BCUT2D eigenvalue weighted by Gasteiger charge is 2.44. The number of nitrogens with one attached hydrogen (secondary N) is 1. The second-order valence-corrected chi connectivity index (χ2v) is 9.05. The topological polar surface area (TPSA) is 86.5 Å². The molecule has 154 valence electrons. The maximum atomic E-state index is 12.4. The van der Waals surface area contributed by atoms with Crippen molar-refractivity contribution in [1.82, 2.24) is 10.2 Å². The van der Waals surface area contributed by atoms with Gasteiger partial charge in [0.15, 0.2) is 11.5 Å². The van der Waals surface area contributed by atoms with E-state index in [4.69, 9.17) is 13.9 Å². The molecule has 3 aromatic rings. The van der Waals surface area contributed by atoms with Gasteiger partial charge in [-0.2, -0.15) is 0 Å². The van der Waals surface area contributed by atoms with Gasteiger partial charge in [-0.15, -0.1) is 10.2 Å². The van der Waals surface area contributed by atoms with E-state index in [9.17, 15) is 4.79 Å². The molecule has 1 aromatic heterocycles. The normalized spacial score (nSPS) is 16.2. The molecular weight excluding hydrogens is 470 g/mol. The lowest BCUT2D eigenvalue weighted by atomic mass is 10.2. The van der Waals surface area contributed by atoms with Gasteiger partial charge in [-0.1, -0.05) is 33.8 Å². The number of rotatable bonds is 5. The Balaban J connectivity index is 1.18. The van der Waals surface area contributed by atoms with Crippen molar-refractivity contribution in [3.63, 3.8) is 0 Å². The van der Waals surface area contributed by atoms with E-state index in [1.807, 2.05) is 42.5 Å². The van der Waals surface area contributed by atoms with Gasteiger partial charge in [0.25, 0.3) is 11.0 Å². The summed E-state index contributed by atoms with van der Waals surface area (Å²) in [5.41, 5.74) is 1.48. The van der Waals surface area contributed by atoms with Crippen molar-refractivity contribution in [2.24, 2.45) is 0 Å². The molecule has 1 N–H and O–H groups in total. The Hall–Kier alpha value is -2.52. The average Bonchev–Trinajstić information content (AvgIpc) is 3.46. The maximum Gasteiger partial charge on any atom is 0.277 e. The van der Waals surface area contributed by atoms with Crippen molar-refractivity contribution >= 4 is 39.3 Å². The van der Waals surface area contributed by atoms with Gasteiger partial charge in [-0.25, -0.2) is 0 Å². The van der Waals surface area contributed by atoms with Crippen molar-refractivity contribution in [2.75, 3.05) is 11.1 Å². The zero-order chi connectivity index (χ0) is 20.6. The Kier molecular flexibility index (Phi) is 5.16. The quantitative estimate of drug-likeness (QED) is 0.490. The zero-order valence-corrected chi connectivity index (χ0v) is 18.3. The van der Waals surface area contributed by atoms with E-state index in [1.54, 1.807) is 0 Å². The van der Waals surface area contributed by atoms with E-state index in [0.29, 0.717) is 22.6 Å². The number of fused-ring (bicyclic) bond motifs is 1. The smallest absolute Gasteiger partial charge is 0.277 e. The lowest BCUT2D eigenvalue weighted by Gasteiger charge is -2.21. The van der Waals surface area contributed by atoms with Crippen LogP contribution in [0.5, 0.6) is 11.5 Å². The highest BCUT2D eigenvalue weighted by atomic mass is 79.9. The largest absolute Gasteiger partial charge is 0.448 e. The average molecular weight is 488 g/mol. The van der Waals surface area contributed by atoms with Gasteiger partial charge in [0.05, 0.1) is 5.75 Å². The van der Waals surface area contributed by atoms with E-state index in [2.05, 4.69) is 31.4 Å². The van der Waals surface area contributed by atoms with E-state index < -0.39 is 5.79 Å². The van der Waals surface area contributed by atoms with Crippen LogP contribution < -0.4 is 14.8 Å². The number of thioether (sulfide) groups is 1. The molecule has 7 nitrogen and oxygen atoms in total. The number of amides is 1. The number of ether oxygens (including phenoxy) is 2. The summed E-state index contributed by atoms with van der Waals surface area (Å²) in [4.78, 5) is 12.4. The first-order chi connectivity index (χ1) is 14.6. The van der Waals surface area contributed by atoms with Gasteiger partial charge in [0, 0.05) is 34.6 Å². The Bertz CT molecular complexity index is 1100. The fourth-order valence-electron chi connectivity index (χ4n) is 3.62. The summed E-state index contributed by atoms with van der Waals surface area (Å²) in [7, 11) is 0. The molecule has 0 saturated heterocycles. The number of carbonyl (C=O) groups excluding carboxylic acids is 1. The zero-order valence-electron chi connectivity index (χ0n) is 15.9. The lowest BCUT2D eigenvalue weighted by molar-refractivity contribution is -0.113. The third-order valence-corrected chi connectivity index (χ3v) is 6.30. The third-order valence-electron chi connectivity index (χ3n) is 4.99. The van der Waals surface area contributed by atoms with Gasteiger partial charge in [0.1, 0.15) is 0 Å². The van der Waals surface area contributed by atoms with E-state index in [-0.39, 0.29) is 11.7 Å². The van der Waals surface area contributed by atoms with Crippen molar-refractivity contribution in [3.8, 4) is 23.0 Å². The molecule has 2 aliphatic rings. The number of halogens is 1. The summed E-state index contributed by atoms with van der Waals surface area (Å²) in [6.45, 7) is 0. The van der Waals surface area contributed by atoms with E-state index in [1.165, 1.54) is 11.8 Å². The van der Waals surface area contributed by atoms with E-state index in [0.717, 1.165) is 41.5 Å². The Labute approximate surface area is 185 Å². The summed E-state index contributed by atoms with van der Waals surface area (Å²) in [6, 6.07) is 13.1. The van der Waals surface area contributed by atoms with Gasteiger partial charge < -0.3 is 19.2 Å². The molecule has 1 saturated carbocycles. The predicted octanol–water partition coefficient (Wildman–Crippen LogP) is 5.27. The van der Waals surface area contributed by atoms with Gasteiger partial charge >= 0.3 is 0 Å². The molecule has 0 radical (unpaired) electrons. The van der Waals surface area contributed by atoms with Crippen LogP contribution in [0, 0.1) is 0 Å². The van der Waals surface area contributed by atoms with Crippen LogP contribution in [0.4, 0.5) is 5.69 Å². The predicted molar refractivity (Wildman–Crippen MR) is 116 cm³/mol. The highest BCUT2D eigenvalue weighted by molar-refractivity contribution is 9.10. The number of benzene rings is 2. The minimum Gasteiger partial charge on any atom is -0.448 e. The van der Waals surface area contributed by atoms with Crippen molar-refractivity contribution in [2.45, 2.75) is 36.7 Å². The third kappa shape index (κ3) is 4.04. The lowest BCUT2D eigenvalue weighted by Crippen LogP contribution is -2.34. The van der Waals surface area contributed by atoms with E-state index >= 15 is 0 Å². The molecule has 1 spiro atoms. The van der Waals surface area contributed by atoms with Crippen molar-refractivity contribution in [1.29, 1.82) is 0 Å². The minimum absolute atomic E-state index is 0.151. The molecule has 1 aliphatic carbocycles. The van der Waals surface area contributed by atoms with Crippen molar-refractivity contribution < 1.29 is 18.7 Å². The SMILES string of the molecule is O=C(CSc1nnc(-c2cccc(Br)c2)o1)Nc1ccc2c(c1)OC1(CCCC1)O2. The molecule has 0 bridgehead atoms. The first-order valence-corrected chi connectivity index (χ1v) is 11.4. The van der Waals surface area contributed by atoms with Crippen LogP contribution in [0.1, 0.15) is 25.7 Å². The fraction of sp³-hybridized carbons (Fsp3) is 0.286. The number of aromatic nitrogens is 2. The Morgan fingerprint density at radius 3 is 2.77 bits per heavy atom. The van der Waals surface area contributed by atoms with Crippen LogP contribution in [0.25, 0.3) is 11.5 Å². The molecule has 0 atom stereocenters. The maximum absolute atomic E-state index is 12.4. The molecule has 2 aromatic carbocycles. The Morgan fingerprint density at radius 1 is 1.10 bits per heavy atom. The standard InChI is InChI=1S/C21H18BrN3O4S/c22-14-5-3-4-13(10-14)19-24-25-20(27-19)30-12-18(26)23-15-6-7-16-17(11-15)29-21(28-16)8-1-2-9-21/h3-7,10-11H,1-2,8-9,12H2,(H,23,26). The number of carbonyl (C=O) groups is 1. The first kappa shape index (κ1) is 19.4. The van der Waals surface area contributed by atoms with Crippen molar-refractivity contribution in [3.05, 3.63) is 46.9 Å². The monoisotopic (exact) mass is 487 g/mol. The molecule has 0 unspecified atom stereocenters. The second kappa shape index (κ2) is 7.96. The van der Waals surface area contributed by atoms with Crippen LogP contribution in [-0.2, 0) is 4.79 Å². The number of hydrogen-bond donors (Lipinski definition) is 1. The molecule has 1 fully saturated rings. The summed E-state index contributed by atoms with van der Waals surface area (Å²) in [6.07, 6.45) is 4.00. The van der Waals surface area contributed by atoms with Crippen LogP contribution >= 0.6 is 27.7 Å². The molecule has 30 heavy (non-hydrogen) atoms. The van der Waals surface area contributed by atoms with Crippen LogP contribution in [0.3, 0.4) is 0 Å². The number of anilines is 1. The summed E-state index contributed by atoms with van der Waals surface area (Å²) in [5.74, 6) is 1.30. The minimum atomic E-state index is -0.509. The van der Waals surface area contributed by atoms with Gasteiger partial charge in [0.2, 0.25) is 11.8 Å². The summed E-state index contributed by atoms with van der Waals surface area (Å²) < 4.78 is 18.6. The summed E-state index contributed by atoms with van der Waals surface area (Å²) in [5, 5.41) is 11.3. The van der Waals surface area contributed by atoms with Crippen LogP contribution in [0.15, 0.2) is 56.6 Å². The highest BCUT2D eigenvalue weighted by Crippen LogP contribution is 2.47. The van der Waals surface area contributed by atoms with Crippen LogP contribution in [0.2, 0.25) is 0 Å². The fourth-order valence-corrected chi connectivity index (χ4v) is 4.58. The first-order valence-electron chi connectivity index (χ1n) is 9.63. The van der Waals surface area contributed by atoms with Gasteiger partial charge in [-0.05, 0) is 43.2 Å². The Morgan fingerprint density at radius 2 is 1.93 bits per heavy atom. The molecule has 9 heteroatoms. The van der Waals surface area contributed by atoms with Gasteiger partial charge in [-0.3, -0.25) is 4.79 Å². The molecule has 5 rings (SSSR count). The second-order valence-electron chi connectivity index (χ2n) is 7.20. The number of hydrogen-bond acceptors (Lipinski definition) is 7. The molecular formula is C21H18BrN3O4S.